The van der Waals surface area contributed by atoms with Crippen molar-refractivity contribution in [2.75, 3.05) is 13.1 Å². The number of aromatic nitrogens is 2. The van der Waals surface area contributed by atoms with Crippen molar-refractivity contribution >= 4 is 5.91 Å². The number of rotatable bonds is 7. The van der Waals surface area contributed by atoms with Crippen molar-refractivity contribution in [1.82, 2.24) is 20.0 Å². The normalized spacial score (nSPS) is 11.4. The molecule has 0 bridgehead atoms. The lowest BCUT2D eigenvalue weighted by Crippen LogP contribution is -2.43. The first-order valence-corrected chi connectivity index (χ1v) is 9.01. The molecule has 0 aliphatic carbocycles. The minimum Gasteiger partial charge on any atom is -0.349 e. The number of nitrogens with zero attached hydrogens (tertiary/aromatic N) is 3. The van der Waals surface area contributed by atoms with Gasteiger partial charge in [0, 0.05) is 36.9 Å². The maximum atomic E-state index is 12.5. The lowest BCUT2D eigenvalue weighted by Gasteiger charge is -2.30. The Bertz CT molecular complexity index is 789. The predicted molar refractivity (Wildman–Crippen MR) is 104 cm³/mol. The highest BCUT2D eigenvalue weighted by molar-refractivity contribution is 5.92. The van der Waals surface area contributed by atoms with Crippen LogP contribution in [0.15, 0.2) is 41.2 Å². The van der Waals surface area contributed by atoms with Gasteiger partial charge in [0.2, 0.25) is 5.43 Å². The van der Waals surface area contributed by atoms with E-state index >= 15 is 0 Å². The van der Waals surface area contributed by atoms with Gasteiger partial charge in [0.1, 0.15) is 0 Å². The van der Waals surface area contributed by atoms with Crippen LogP contribution in [0.25, 0.3) is 5.69 Å². The molecule has 0 radical (unpaired) electrons. The smallest absolute Gasteiger partial charge is 0.275 e. The van der Waals surface area contributed by atoms with Crippen molar-refractivity contribution in [3.63, 3.8) is 0 Å². The number of carbonyl (C=O) groups is 1. The molecule has 1 heterocycles. The molecular formula is C20H28N4O2. The van der Waals surface area contributed by atoms with Crippen molar-refractivity contribution in [2.24, 2.45) is 0 Å². The summed E-state index contributed by atoms with van der Waals surface area (Å²) in [6.45, 7) is 11.5. The van der Waals surface area contributed by atoms with E-state index < -0.39 is 5.91 Å². The minimum absolute atomic E-state index is 0.0832. The number of para-hydroxylation sites is 1. The Hall–Kier alpha value is -2.47. The van der Waals surface area contributed by atoms with Gasteiger partial charge in [-0.2, -0.15) is 5.10 Å². The molecule has 2 aromatic rings. The van der Waals surface area contributed by atoms with Gasteiger partial charge in [0.05, 0.1) is 5.69 Å². The summed E-state index contributed by atoms with van der Waals surface area (Å²) < 4.78 is 1.62. The standard InChI is InChI=1S/C20H28N4O2/c1-14(2)23(15(3)4)12-11-21-20(26)19-18(25)13-16(5)24(22-19)17-9-7-6-8-10-17/h6-10,13-15H,11-12H2,1-5H3,(H,21,26). The average molecular weight is 356 g/mol. The molecule has 0 atom stereocenters. The van der Waals surface area contributed by atoms with E-state index in [1.165, 1.54) is 6.07 Å². The summed E-state index contributed by atoms with van der Waals surface area (Å²) in [5, 5.41) is 7.11. The lowest BCUT2D eigenvalue weighted by atomic mass is 10.2. The summed E-state index contributed by atoms with van der Waals surface area (Å²) in [5.74, 6) is -0.438. The molecule has 0 saturated heterocycles. The highest BCUT2D eigenvalue weighted by atomic mass is 16.2. The van der Waals surface area contributed by atoms with Gasteiger partial charge in [0.15, 0.2) is 5.69 Å². The fourth-order valence-corrected chi connectivity index (χ4v) is 3.03. The van der Waals surface area contributed by atoms with Crippen LogP contribution in [0, 0.1) is 6.92 Å². The SMILES string of the molecule is Cc1cc(=O)c(C(=O)NCCN(C(C)C)C(C)C)nn1-c1ccccc1. The van der Waals surface area contributed by atoms with Gasteiger partial charge in [-0.15, -0.1) is 0 Å². The van der Waals surface area contributed by atoms with Gasteiger partial charge in [-0.1, -0.05) is 18.2 Å². The molecule has 1 N–H and O–H groups in total. The average Bonchev–Trinajstić information content (AvgIpc) is 2.58. The number of nitrogens with one attached hydrogen (secondary N) is 1. The molecule has 0 aliphatic heterocycles. The number of carbonyl (C=O) groups excluding carboxylic acids is 1. The molecule has 0 fully saturated rings. The summed E-state index contributed by atoms with van der Waals surface area (Å²) >= 11 is 0. The van der Waals surface area contributed by atoms with Gasteiger partial charge in [-0.05, 0) is 46.8 Å². The van der Waals surface area contributed by atoms with E-state index in [0.29, 0.717) is 24.3 Å². The fourth-order valence-electron chi connectivity index (χ4n) is 3.03. The third-order valence-electron chi connectivity index (χ3n) is 4.31. The Morgan fingerprint density at radius 1 is 1.15 bits per heavy atom. The Balaban J connectivity index is 2.15. The van der Waals surface area contributed by atoms with Gasteiger partial charge >= 0.3 is 0 Å². The number of hydrogen-bond donors (Lipinski definition) is 1. The van der Waals surface area contributed by atoms with Crippen LogP contribution >= 0.6 is 0 Å². The number of aryl methyl sites for hydroxylation is 1. The predicted octanol–water partition coefficient (Wildman–Crippen LogP) is 2.39. The van der Waals surface area contributed by atoms with Crippen LogP contribution in [0.4, 0.5) is 0 Å². The van der Waals surface area contributed by atoms with E-state index in [0.717, 1.165) is 12.2 Å². The topological polar surface area (TPSA) is 67.2 Å². The van der Waals surface area contributed by atoms with E-state index in [1.807, 2.05) is 30.3 Å². The van der Waals surface area contributed by atoms with Gasteiger partial charge in [-0.3, -0.25) is 14.5 Å². The molecule has 1 amide bonds. The first-order chi connectivity index (χ1) is 12.3. The van der Waals surface area contributed by atoms with E-state index in [9.17, 15) is 9.59 Å². The van der Waals surface area contributed by atoms with Crippen LogP contribution < -0.4 is 10.7 Å². The zero-order chi connectivity index (χ0) is 19.3. The van der Waals surface area contributed by atoms with Crippen LogP contribution in [0.1, 0.15) is 43.9 Å². The Labute approximate surface area is 154 Å². The first-order valence-electron chi connectivity index (χ1n) is 9.01. The quantitative estimate of drug-likeness (QED) is 0.827. The highest BCUT2D eigenvalue weighted by Gasteiger charge is 2.17. The van der Waals surface area contributed by atoms with E-state index in [2.05, 4.69) is 43.0 Å². The third-order valence-corrected chi connectivity index (χ3v) is 4.31. The van der Waals surface area contributed by atoms with Gasteiger partial charge in [0.25, 0.3) is 5.91 Å². The second-order valence-corrected chi connectivity index (χ2v) is 6.93. The monoisotopic (exact) mass is 356 g/mol. The summed E-state index contributed by atoms with van der Waals surface area (Å²) in [4.78, 5) is 27.0. The van der Waals surface area contributed by atoms with E-state index in [4.69, 9.17) is 0 Å². The molecule has 0 aliphatic rings. The first kappa shape index (κ1) is 19.8. The molecule has 1 aromatic heterocycles. The van der Waals surface area contributed by atoms with Crippen LogP contribution in [0.2, 0.25) is 0 Å². The largest absolute Gasteiger partial charge is 0.349 e. The third kappa shape index (κ3) is 4.79. The minimum atomic E-state index is -0.438. The van der Waals surface area contributed by atoms with Crippen LogP contribution in [-0.4, -0.2) is 45.8 Å². The molecule has 140 valence electrons. The Kier molecular flexibility index (Phi) is 6.69. The molecule has 2 rings (SSSR count). The molecule has 0 spiro atoms. The number of hydrogen-bond acceptors (Lipinski definition) is 4. The second-order valence-electron chi connectivity index (χ2n) is 6.93. The molecule has 0 unspecified atom stereocenters. The van der Waals surface area contributed by atoms with Crippen LogP contribution in [0.3, 0.4) is 0 Å². The Morgan fingerprint density at radius 2 is 1.77 bits per heavy atom. The molecule has 0 saturated carbocycles. The van der Waals surface area contributed by atoms with Crippen molar-refractivity contribution in [1.29, 1.82) is 0 Å². The lowest BCUT2D eigenvalue weighted by molar-refractivity contribution is 0.0931. The van der Waals surface area contributed by atoms with Gasteiger partial charge in [-0.25, -0.2) is 4.68 Å². The molecule has 1 aromatic carbocycles. The van der Waals surface area contributed by atoms with Gasteiger partial charge < -0.3 is 5.32 Å². The number of amides is 1. The summed E-state index contributed by atoms with van der Waals surface area (Å²) in [5.41, 5.74) is 1.05. The molecule has 6 nitrogen and oxygen atoms in total. The maximum absolute atomic E-state index is 12.5. The van der Waals surface area contributed by atoms with Crippen molar-refractivity contribution < 1.29 is 4.79 Å². The maximum Gasteiger partial charge on any atom is 0.275 e. The summed E-state index contributed by atoms with van der Waals surface area (Å²) in [6.07, 6.45) is 0. The molecular weight excluding hydrogens is 328 g/mol. The van der Waals surface area contributed by atoms with E-state index in [1.54, 1.807) is 11.6 Å². The number of benzene rings is 1. The zero-order valence-electron chi connectivity index (χ0n) is 16.2. The highest BCUT2D eigenvalue weighted by Crippen LogP contribution is 2.08. The van der Waals surface area contributed by atoms with Crippen molar-refractivity contribution in [3.8, 4) is 5.69 Å². The summed E-state index contributed by atoms with van der Waals surface area (Å²) in [6, 6.07) is 11.7. The fraction of sp³-hybridized carbons (Fsp3) is 0.450. The van der Waals surface area contributed by atoms with Crippen molar-refractivity contribution in [3.05, 3.63) is 58.0 Å². The Morgan fingerprint density at radius 3 is 2.35 bits per heavy atom. The molecule has 6 heteroatoms. The second kappa shape index (κ2) is 8.76. The van der Waals surface area contributed by atoms with Crippen molar-refractivity contribution in [2.45, 2.75) is 46.7 Å². The van der Waals surface area contributed by atoms with Crippen LogP contribution in [0.5, 0.6) is 0 Å². The molecule has 26 heavy (non-hydrogen) atoms. The van der Waals surface area contributed by atoms with Crippen LogP contribution in [-0.2, 0) is 0 Å². The summed E-state index contributed by atoms with van der Waals surface area (Å²) in [7, 11) is 0. The zero-order valence-corrected chi connectivity index (χ0v) is 16.2. The van der Waals surface area contributed by atoms with E-state index in [-0.39, 0.29) is 11.1 Å².